The van der Waals surface area contributed by atoms with E-state index >= 15 is 0 Å². The fourth-order valence-electron chi connectivity index (χ4n) is 2.18. The lowest BCUT2D eigenvalue weighted by Crippen LogP contribution is -2.42. The van der Waals surface area contributed by atoms with Crippen LogP contribution in [-0.2, 0) is 10.0 Å². The van der Waals surface area contributed by atoms with Gasteiger partial charge in [-0.15, -0.1) is 12.4 Å². The molecule has 0 bridgehead atoms. The monoisotopic (exact) mass is 335 g/mol. The van der Waals surface area contributed by atoms with Gasteiger partial charge in [0, 0.05) is 17.7 Å². The summed E-state index contributed by atoms with van der Waals surface area (Å²) in [6.07, 6.45) is 1.43. The quantitative estimate of drug-likeness (QED) is 0.639. The predicted molar refractivity (Wildman–Crippen MR) is 81.3 cm³/mol. The first-order chi connectivity index (χ1) is 9.40. The van der Waals surface area contributed by atoms with Crippen LogP contribution in [0.3, 0.4) is 0 Å². The lowest BCUT2D eigenvalue weighted by molar-refractivity contribution is -0.385. The Hall–Kier alpha value is -1.22. The molecule has 1 saturated heterocycles. The highest BCUT2D eigenvalue weighted by Gasteiger charge is 2.24. The number of benzene rings is 1. The second-order valence-corrected chi connectivity index (χ2v) is 6.56. The van der Waals surface area contributed by atoms with E-state index in [0.717, 1.165) is 19.2 Å². The van der Waals surface area contributed by atoms with Gasteiger partial charge in [0.05, 0.1) is 9.82 Å². The zero-order valence-corrected chi connectivity index (χ0v) is 13.2. The minimum Gasteiger partial charge on any atom is -0.317 e. The van der Waals surface area contributed by atoms with E-state index < -0.39 is 14.9 Å². The molecule has 1 aliphatic rings. The largest absolute Gasteiger partial charge is 0.317 e. The standard InChI is InChI=1S/C12H17N3O4S.ClH/c1-9-2-3-11(8-12(9)15(16)17)20(18,19)14-10-4-6-13-7-5-10;/h2-3,8,10,13-14H,4-7H2,1H3;1H. The molecule has 0 spiro atoms. The number of nitrogens with zero attached hydrogens (tertiary/aromatic N) is 1. The lowest BCUT2D eigenvalue weighted by atomic mass is 10.1. The summed E-state index contributed by atoms with van der Waals surface area (Å²) in [4.78, 5) is 10.2. The van der Waals surface area contributed by atoms with Crippen LogP contribution in [0.2, 0.25) is 0 Å². The van der Waals surface area contributed by atoms with Crippen LogP contribution in [0.15, 0.2) is 23.1 Å². The van der Waals surface area contributed by atoms with E-state index in [1.54, 1.807) is 6.92 Å². The molecule has 118 valence electrons. The molecule has 0 unspecified atom stereocenters. The highest BCUT2D eigenvalue weighted by Crippen LogP contribution is 2.22. The van der Waals surface area contributed by atoms with Crippen LogP contribution in [0.5, 0.6) is 0 Å². The van der Waals surface area contributed by atoms with E-state index in [-0.39, 0.29) is 29.0 Å². The molecule has 0 radical (unpaired) electrons. The molecule has 1 aliphatic heterocycles. The van der Waals surface area contributed by atoms with Gasteiger partial charge in [-0.05, 0) is 38.9 Å². The molecule has 1 heterocycles. The van der Waals surface area contributed by atoms with Gasteiger partial charge >= 0.3 is 0 Å². The van der Waals surface area contributed by atoms with Gasteiger partial charge in [0.25, 0.3) is 5.69 Å². The molecule has 0 amide bonds. The fourth-order valence-corrected chi connectivity index (χ4v) is 3.50. The summed E-state index contributed by atoms with van der Waals surface area (Å²) in [5, 5.41) is 14.0. The van der Waals surface area contributed by atoms with Gasteiger partial charge in [-0.1, -0.05) is 6.07 Å². The minimum atomic E-state index is -3.71. The third-order valence-electron chi connectivity index (χ3n) is 3.35. The van der Waals surface area contributed by atoms with Crippen molar-refractivity contribution in [3.63, 3.8) is 0 Å². The Morgan fingerprint density at radius 1 is 1.33 bits per heavy atom. The number of hydrogen-bond acceptors (Lipinski definition) is 5. The van der Waals surface area contributed by atoms with E-state index in [1.807, 2.05) is 0 Å². The highest BCUT2D eigenvalue weighted by molar-refractivity contribution is 7.89. The van der Waals surface area contributed by atoms with Gasteiger partial charge in [-0.3, -0.25) is 10.1 Å². The first-order valence-electron chi connectivity index (χ1n) is 6.38. The van der Waals surface area contributed by atoms with E-state index in [2.05, 4.69) is 10.0 Å². The molecule has 7 nitrogen and oxygen atoms in total. The third-order valence-corrected chi connectivity index (χ3v) is 4.87. The van der Waals surface area contributed by atoms with Gasteiger partial charge in [-0.25, -0.2) is 13.1 Å². The zero-order chi connectivity index (χ0) is 14.8. The second-order valence-electron chi connectivity index (χ2n) is 4.85. The van der Waals surface area contributed by atoms with E-state index in [4.69, 9.17) is 0 Å². The van der Waals surface area contributed by atoms with Crippen LogP contribution in [0, 0.1) is 17.0 Å². The number of rotatable bonds is 4. The van der Waals surface area contributed by atoms with Crippen LogP contribution in [0.1, 0.15) is 18.4 Å². The van der Waals surface area contributed by atoms with Crippen molar-refractivity contribution in [2.75, 3.05) is 13.1 Å². The molecule has 2 N–H and O–H groups in total. The molecule has 1 aromatic rings. The van der Waals surface area contributed by atoms with Gasteiger partial charge in [0.2, 0.25) is 10.0 Å². The summed E-state index contributed by atoms with van der Waals surface area (Å²) in [6.45, 7) is 3.11. The predicted octanol–water partition coefficient (Wildman–Crippen LogP) is 1.36. The summed E-state index contributed by atoms with van der Waals surface area (Å²) in [7, 11) is -3.71. The Kier molecular flexibility index (Phi) is 6.09. The Balaban J connectivity index is 0.00000220. The molecule has 21 heavy (non-hydrogen) atoms. The summed E-state index contributed by atoms with van der Waals surface area (Å²) >= 11 is 0. The molecule has 0 saturated carbocycles. The van der Waals surface area contributed by atoms with Gasteiger partial charge in [-0.2, -0.15) is 0 Å². The Morgan fingerprint density at radius 2 is 1.95 bits per heavy atom. The summed E-state index contributed by atoms with van der Waals surface area (Å²) < 4.78 is 27.1. The van der Waals surface area contributed by atoms with Crippen LogP contribution >= 0.6 is 12.4 Å². The third kappa shape index (κ3) is 4.37. The molecular weight excluding hydrogens is 318 g/mol. The van der Waals surface area contributed by atoms with Crippen molar-refractivity contribution in [3.8, 4) is 0 Å². The smallest absolute Gasteiger partial charge is 0.273 e. The van der Waals surface area contributed by atoms with Crippen molar-refractivity contribution in [2.45, 2.75) is 30.7 Å². The number of aryl methyl sites for hydroxylation is 1. The van der Waals surface area contributed by atoms with Crippen LogP contribution < -0.4 is 10.0 Å². The van der Waals surface area contributed by atoms with Crippen LogP contribution in [0.4, 0.5) is 5.69 Å². The normalized spacial score (nSPS) is 16.2. The Bertz CT molecular complexity index is 615. The van der Waals surface area contributed by atoms with Crippen molar-refractivity contribution in [1.29, 1.82) is 0 Å². The van der Waals surface area contributed by atoms with E-state index in [1.165, 1.54) is 12.1 Å². The molecule has 0 atom stereocenters. The van der Waals surface area contributed by atoms with Crippen molar-refractivity contribution < 1.29 is 13.3 Å². The Morgan fingerprint density at radius 3 is 2.52 bits per heavy atom. The van der Waals surface area contributed by atoms with Crippen molar-refractivity contribution in [3.05, 3.63) is 33.9 Å². The molecule has 9 heteroatoms. The summed E-state index contributed by atoms with van der Waals surface area (Å²) in [5.41, 5.74) is 0.258. The van der Waals surface area contributed by atoms with Crippen LogP contribution in [-0.4, -0.2) is 32.5 Å². The zero-order valence-electron chi connectivity index (χ0n) is 11.5. The highest BCUT2D eigenvalue weighted by atomic mass is 35.5. The maximum absolute atomic E-state index is 12.2. The number of halogens is 1. The number of hydrogen-bond donors (Lipinski definition) is 2. The van der Waals surface area contributed by atoms with Crippen molar-refractivity contribution in [1.82, 2.24) is 10.0 Å². The molecular formula is C12H18ClN3O4S. The molecule has 0 aromatic heterocycles. The number of nitro benzene ring substituents is 1. The fraction of sp³-hybridized carbons (Fsp3) is 0.500. The average molecular weight is 336 g/mol. The van der Waals surface area contributed by atoms with Gasteiger partial charge in [0.1, 0.15) is 0 Å². The second kappa shape index (κ2) is 7.17. The topological polar surface area (TPSA) is 101 Å². The van der Waals surface area contributed by atoms with Crippen molar-refractivity contribution >= 4 is 28.1 Å². The van der Waals surface area contributed by atoms with Crippen LogP contribution in [0.25, 0.3) is 0 Å². The minimum absolute atomic E-state index is 0. The molecule has 2 rings (SSSR count). The number of nitrogens with one attached hydrogen (secondary N) is 2. The first-order valence-corrected chi connectivity index (χ1v) is 7.86. The molecule has 1 aromatic carbocycles. The first kappa shape index (κ1) is 17.8. The maximum atomic E-state index is 12.2. The van der Waals surface area contributed by atoms with E-state index in [9.17, 15) is 18.5 Å². The van der Waals surface area contributed by atoms with E-state index in [0.29, 0.717) is 18.4 Å². The van der Waals surface area contributed by atoms with Gasteiger partial charge in [0.15, 0.2) is 0 Å². The SMILES string of the molecule is Cc1ccc(S(=O)(=O)NC2CCNCC2)cc1[N+](=O)[O-].Cl. The maximum Gasteiger partial charge on any atom is 0.273 e. The number of piperidine rings is 1. The molecule has 1 fully saturated rings. The lowest BCUT2D eigenvalue weighted by Gasteiger charge is -2.23. The number of nitro groups is 1. The van der Waals surface area contributed by atoms with Crippen molar-refractivity contribution in [2.24, 2.45) is 0 Å². The summed E-state index contributed by atoms with van der Waals surface area (Å²) in [6, 6.07) is 3.83. The van der Waals surface area contributed by atoms with Gasteiger partial charge < -0.3 is 5.32 Å². The summed E-state index contributed by atoms with van der Waals surface area (Å²) in [5.74, 6) is 0. The Labute approximate surface area is 129 Å². The average Bonchev–Trinajstić information content (AvgIpc) is 2.39. The number of sulfonamides is 1. The molecule has 0 aliphatic carbocycles.